The average Bonchev–Trinajstić information content (AvgIpc) is 2.20. The van der Waals surface area contributed by atoms with Crippen molar-refractivity contribution in [3.8, 4) is 11.5 Å². The number of carbonyl (C=O) groups is 1. The zero-order valence-corrected chi connectivity index (χ0v) is 10.7. The fourth-order valence-electron chi connectivity index (χ4n) is 1.31. The summed E-state index contributed by atoms with van der Waals surface area (Å²) in [6.45, 7) is 5.98. The van der Waals surface area contributed by atoms with Gasteiger partial charge >= 0.3 is 5.97 Å². The zero-order chi connectivity index (χ0) is 13.0. The fraction of sp³-hybridized carbons (Fsp3) is 0.417. The monoisotopic (exact) mass is 258 g/mol. The van der Waals surface area contributed by atoms with Crippen molar-refractivity contribution in [1.82, 2.24) is 0 Å². The summed E-state index contributed by atoms with van der Waals surface area (Å²) in [5, 5.41) is 9.09. The molecular weight excluding hydrogens is 244 g/mol. The summed E-state index contributed by atoms with van der Waals surface area (Å²) in [6, 6.07) is 2.85. The van der Waals surface area contributed by atoms with Crippen molar-refractivity contribution in [2.75, 3.05) is 6.61 Å². The average molecular weight is 259 g/mol. The lowest BCUT2D eigenvalue weighted by molar-refractivity contribution is 0.0696. The molecule has 0 fully saturated rings. The van der Waals surface area contributed by atoms with E-state index in [9.17, 15) is 4.79 Å². The van der Waals surface area contributed by atoms with Gasteiger partial charge in [-0.3, -0.25) is 0 Å². The van der Waals surface area contributed by atoms with Gasteiger partial charge in [-0.15, -0.1) is 0 Å². The van der Waals surface area contributed by atoms with Gasteiger partial charge in [-0.25, -0.2) is 4.79 Å². The van der Waals surface area contributed by atoms with Crippen molar-refractivity contribution in [2.24, 2.45) is 0 Å². The van der Waals surface area contributed by atoms with E-state index in [1.807, 2.05) is 20.8 Å². The van der Waals surface area contributed by atoms with Crippen molar-refractivity contribution >= 4 is 17.6 Å². The van der Waals surface area contributed by atoms with Gasteiger partial charge in [0, 0.05) is 12.1 Å². The van der Waals surface area contributed by atoms with E-state index < -0.39 is 5.97 Å². The third-order valence-electron chi connectivity index (χ3n) is 1.93. The van der Waals surface area contributed by atoms with Crippen LogP contribution in [0.1, 0.15) is 31.1 Å². The molecule has 0 saturated carbocycles. The Kier molecular flexibility index (Phi) is 4.63. The van der Waals surface area contributed by atoms with Crippen molar-refractivity contribution < 1.29 is 19.4 Å². The topological polar surface area (TPSA) is 55.8 Å². The number of carboxylic acids is 1. The quantitative estimate of drug-likeness (QED) is 0.881. The maximum absolute atomic E-state index is 10.9. The summed E-state index contributed by atoms with van der Waals surface area (Å²) in [6.07, 6.45) is -0.0408. The highest BCUT2D eigenvalue weighted by Crippen LogP contribution is 2.34. The standard InChI is InChI=1S/C12H15ClO4/c1-4-16-10-5-8(12(14)15)9(13)6-11(10)17-7(2)3/h5-7H,4H2,1-3H3,(H,14,15). The molecule has 0 heterocycles. The molecule has 0 aliphatic heterocycles. The van der Waals surface area contributed by atoms with Crippen LogP contribution in [0.2, 0.25) is 5.02 Å². The second-order valence-corrected chi connectivity index (χ2v) is 4.09. The second kappa shape index (κ2) is 5.77. The number of ether oxygens (including phenoxy) is 2. The van der Waals surface area contributed by atoms with Crippen LogP contribution in [-0.2, 0) is 0 Å². The highest BCUT2D eigenvalue weighted by molar-refractivity contribution is 6.33. The molecule has 0 radical (unpaired) electrons. The predicted octanol–water partition coefficient (Wildman–Crippen LogP) is 3.22. The lowest BCUT2D eigenvalue weighted by atomic mass is 10.2. The number of hydrogen-bond acceptors (Lipinski definition) is 3. The van der Waals surface area contributed by atoms with Crippen LogP contribution in [0, 0.1) is 0 Å². The Balaban J connectivity index is 3.20. The normalized spacial score (nSPS) is 10.4. The molecule has 1 N–H and O–H groups in total. The van der Waals surface area contributed by atoms with Crippen LogP contribution in [0.3, 0.4) is 0 Å². The van der Waals surface area contributed by atoms with E-state index in [1.54, 1.807) is 0 Å². The first-order chi connectivity index (χ1) is 7.95. The number of hydrogen-bond donors (Lipinski definition) is 1. The van der Waals surface area contributed by atoms with Crippen LogP contribution in [0.4, 0.5) is 0 Å². The zero-order valence-electron chi connectivity index (χ0n) is 9.99. The summed E-state index contributed by atoms with van der Waals surface area (Å²) >= 11 is 5.86. The van der Waals surface area contributed by atoms with E-state index in [4.69, 9.17) is 26.2 Å². The Morgan fingerprint density at radius 2 is 2.06 bits per heavy atom. The van der Waals surface area contributed by atoms with Crippen molar-refractivity contribution in [3.05, 3.63) is 22.7 Å². The molecule has 1 rings (SSSR count). The first-order valence-electron chi connectivity index (χ1n) is 5.32. The van der Waals surface area contributed by atoms with Gasteiger partial charge in [0.05, 0.1) is 23.3 Å². The van der Waals surface area contributed by atoms with Crippen LogP contribution in [0.15, 0.2) is 12.1 Å². The lowest BCUT2D eigenvalue weighted by Crippen LogP contribution is -2.08. The van der Waals surface area contributed by atoms with Gasteiger partial charge in [0.15, 0.2) is 11.5 Å². The molecule has 0 saturated heterocycles. The van der Waals surface area contributed by atoms with Crippen molar-refractivity contribution in [3.63, 3.8) is 0 Å². The van der Waals surface area contributed by atoms with Crippen LogP contribution in [0.25, 0.3) is 0 Å². The van der Waals surface area contributed by atoms with Gasteiger partial charge in [-0.05, 0) is 20.8 Å². The van der Waals surface area contributed by atoms with Gasteiger partial charge in [0.25, 0.3) is 0 Å². The SMILES string of the molecule is CCOc1cc(C(=O)O)c(Cl)cc1OC(C)C. The molecule has 0 unspecified atom stereocenters. The Morgan fingerprint density at radius 1 is 1.41 bits per heavy atom. The largest absolute Gasteiger partial charge is 0.490 e. The molecular formula is C12H15ClO4. The molecule has 0 aliphatic carbocycles. The Bertz CT molecular complexity index is 415. The molecule has 0 atom stereocenters. The predicted molar refractivity (Wildman–Crippen MR) is 65.3 cm³/mol. The van der Waals surface area contributed by atoms with Crippen LogP contribution in [-0.4, -0.2) is 23.8 Å². The van der Waals surface area contributed by atoms with E-state index >= 15 is 0 Å². The molecule has 17 heavy (non-hydrogen) atoms. The van der Waals surface area contributed by atoms with Gasteiger partial charge < -0.3 is 14.6 Å². The summed E-state index contributed by atoms with van der Waals surface area (Å²) in [5.74, 6) is -0.244. The summed E-state index contributed by atoms with van der Waals surface area (Å²) in [4.78, 5) is 10.9. The summed E-state index contributed by atoms with van der Waals surface area (Å²) < 4.78 is 10.8. The summed E-state index contributed by atoms with van der Waals surface area (Å²) in [7, 11) is 0. The molecule has 0 aliphatic rings. The lowest BCUT2D eigenvalue weighted by Gasteiger charge is -2.15. The van der Waals surface area contributed by atoms with E-state index in [1.165, 1.54) is 12.1 Å². The molecule has 94 valence electrons. The number of halogens is 1. The minimum absolute atomic E-state index is 0.00576. The molecule has 1 aromatic carbocycles. The minimum Gasteiger partial charge on any atom is -0.490 e. The molecule has 4 nitrogen and oxygen atoms in total. The number of aromatic carboxylic acids is 1. The van der Waals surface area contributed by atoms with Gasteiger partial charge in [-0.2, -0.15) is 0 Å². The first kappa shape index (κ1) is 13.6. The van der Waals surface area contributed by atoms with E-state index in [2.05, 4.69) is 0 Å². The number of rotatable bonds is 5. The highest BCUT2D eigenvalue weighted by atomic mass is 35.5. The fourth-order valence-corrected chi connectivity index (χ4v) is 1.55. The Labute approximate surface area is 105 Å². The van der Waals surface area contributed by atoms with E-state index in [0.29, 0.717) is 18.1 Å². The second-order valence-electron chi connectivity index (χ2n) is 3.68. The van der Waals surface area contributed by atoms with Crippen molar-refractivity contribution in [2.45, 2.75) is 26.9 Å². The highest BCUT2D eigenvalue weighted by Gasteiger charge is 2.16. The molecule has 1 aromatic rings. The van der Waals surface area contributed by atoms with Gasteiger partial charge in [-0.1, -0.05) is 11.6 Å². The molecule has 0 aromatic heterocycles. The maximum atomic E-state index is 10.9. The van der Waals surface area contributed by atoms with Crippen LogP contribution < -0.4 is 9.47 Å². The van der Waals surface area contributed by atoms with E-state index in [0.717, 1.165) is 0 Å². The number of benzene rings is 1. The van der Waals surface area contributed by atoms with E-state index in [-0.39, 0.29) is 16.7 Å². The smallest absolute Gasteiger partial charge is 0.337 e. The third kappa shape index (κ3) is 3.53. The first-order valence-corrected chi connectivity index (χ1v) is 5.69. The van der Waals surface area contributed by atoms with Crippen molar-refractivity contribution in [1.29, 1.82) is 0 Å². The van der Waals surface area contributed by atoms with Crippen LogP contribution >= 0.6 is 11.6 Å². The van der Waals surface area contributed by atoms with Crippen LogP contribution in [0.5, 0.6) is 11.5 Å². The summed E-state index contributed by atoms with van der Waals surface area (Å²) in [5.41, 5.74) is 0.00576. The van der Waals surface area contributed by atoms with Gasteiger partial charge in [0.1, 0.15) is 0 Å². The molecule has 0 bridgehead atoms. The van der Waals surface area contributed by atoms with Gasteiger partial charge in [0.2, 0.25) is 0 Å². The number of carboxylic acid groups (broad SMARTS) is 1. The Hall–Kier alpha value is -1.42. The third-order valence-corrected chi connectivity index (χ3v) is 2.24. The maximum Gasteiger partial charge on any atom is 0.337 e. The molecule has 0 spiro atoms. The molecule has 5 heteroatoms. The molecule has 0 amide bonds. The minimum atomic E-state index is -1.09. The Morgan fingerprint density at radius 3 is 2.53 bits per heavy atom.